The third-order valence-corrected chi connectivity index (χ3v) is 4.65. The molecule has 11 heteroatoms. The summed E-state index contributed by atoms with van der Waals surface area (Å²) in [6, 6.07) is 2.09. The molecule has 0 radical (unpaired) electrons. The van der Waals surface area contributed by atoms with Crippen LogP contribution in [0.15, 0.2) is 23.5 Å². The molecule has 2 rings (SSSR count). The maximum Gasteiger partial charge on any atom is 0.409 e. The minimum Gasteiger partial charge on any atom is -0.450 e. The number of nitrogens with zero attached hydrogens (tertiary/aromatic N) is 5. The Morgan fingerprint density at radius 3 is 2.63 bits per heavy atom. The van der Waals surface area contributed by atoms with Gasteiger partial charge in [0.2, 0.25) is 5.91 Å². The van der Waals surface area contributed by atoms with Gasteiger partial charge in [-0.25, -0.2) is 9.79 Å². The van der Waals surface area contributed by atoms with Crippen LogP contribution in [0.3, 0.4) is 0 Å². The van der Waals surface area contributed by atoms with E-state index in [2.05, 4.69) is 20.7 Å². The lowest BCUT2D eigenvalue weighted by molar-refractivity contribution is -0.127. The maximum absolute atomic E-state index is 11.9. The molecule has 170 valence electrons. The number of halogens is 1. The van der Waals surface area contributed by atoms with E-state index in [9.17, 15) is 9.59 Å². The van der Waals surface area contributed by atoms with Crippen LogP contribution in [0.4, 0.5) is 4.79 Å². The average Bonchev–Trinajstić information content (AvgIpc) is 3.23. The predicted molar refractivity (Wildman–Crippen MR) is 126 cm³/mol. The lowest BCUT2D eigenvalue weighted by Gasteiger charge is -2.32. The van der Waals surface area contributed by atoms with Gasteiger partial charge in [-0.3, -0.25) is 9.48 Å². The van der Waals surface area contributed by atoms with Crippen molar-refractivity contribution in [3.8, 4) is 0 Å². The van der Waals surface area contributed by atoms with Crippen molar-refractivity contribution in [1.82, 2.24) is 30.2 Å². The molecule has 1 aromatic heterocycles. The molecule has 0 unspecified atom stereocenters. The SMILES string of the molecule is CCOC(=O)N1CCC(NC(=NCC(=O)N(C)C)NCCCn2cccn2)CC1.I. The molecular weight excluding hydrogens is 501 g/mol. The van der Waals surface area contributed by atoms with Crippen molar-refractivity contribution in [2.75, 3.05) is 46.9 Å². The normalized spacial score (nSPS) is 14.6. The molecule has 1 fully saturated rings. The highest BCUT2D eigenvalue weighted by atomic mass is 127. The number of piperidine rings is 1. The molecule has 0 spiro atoms. The number of likely N-dealkylation sites (tertiary alicyclic amines) is 1. The van der Waals surface area contributed by atoms with E-state index >= 15 is 0 Å². The molecule has 0 atom stereocenters. The fourth-order valence-corrected chi connectivity index (χ4v) is 2.94. The van der Waals surface area contributed by atoms with Crippen LogP contribution in [-0.4, -0.2) is 90.5 Å². The van der Waals surface area contributed by atoms with Gasteiger partial charge in [-0.15, -0.1) is 24.0 Å². The van der Waals surface area contributed by atoms with Crippen molar-refractivity contribution in [2.45, 2.75) is 38.8 Å². The van der Waals surface area contributed by atoms with Crippen molar-refractivity contribution in [1.29, 1.82) is 0 Å². The van der Waals surface area contributed by atoms with E-state index in [1.165, 1.54) is 4.90 Å². The fraction of sp³-hybridized carbons (Fsp3) is 0.684. The first kappa shape index (κ1) is 26.0. The first-order valence-electron chi connectivity index (χ1n) is 10.1. The number of aromatic nitrogens is 2. The molecule has 10 nitrogen and oxygen atoms in total. The number of carbonyl (C=O) groups is 2. The number of guanidine groups is 1. The summed E-state index contributed by atoms with van der Waals surface area (Å²) < 4.78 is 6.94. The monoisotopic (exact) mass is 535 g/mol. The molecular formula is C19H34IN7O3. The van der Waals surface area contributed by atoms with Gasteiger partial charge in [0.25, 0.3) is 0 Å². The van der Waals surface area contributed by atoms with Gasteiger partial charge in [0, 0.05) is 58.7 Å². The van der Waals surface area contributed by atoms with Crippen LogP contribution in [0, 0.1) is 0 Å². The van der Waals surface area contributed by atoms with E-state index in [0.29, 0.717) is 32.2 Å². The molecule has 2 N–H and O–H groups in total. The Morgan fingerprint density at radius 2 is 2.03 bits per heavy atom. The lowest BCUT2D eigenvalue weighted by Crippen LogP contribution is -2.50. The second kappa shape index (κ2) is 14.0. The predicted octanol–water partition coefficient (Wildman–Crippen LogP) is 1.14. The summed E-state index contributed by atoms with van der Waals surface area (Å²) in [5, 5.41) is 10.9. The summed E-state index contributed by atoms with van der Waals surface area (Å²) in [5.74, 6) is 0.565. The van der Waals surface area contributed by atoms with E-state index in [1.54, 1.807) is 25.2 Å². The number of likely N-dealkylation sites (N-methyl/N-ethyl adjacent to an activating group) is 1. The van der Waals surface area contributed by atoms with Gasteiger partial charge in [0.15, 0.2) is 5.96 Å². The summed E-state index contributed by atoms with van der Waals surface area (Å²) in [6.45, 7) is 5.08. The topological polar surface area (TPSA) is 104 Å². The molecule has 0 saturated carbocycles. The number of hydrogen-bond acceptors (Lipinski definition) is 5. The summed E-state index contributed by atoms with van der Waals surface area (Å²) in [7, 11) is 3.43. The highest BCUT2D eigenvalue weighted by Gasteiger charge is 2.24. The molecule has 0 bridgehead atoms. The van der Waals surface area contributed by atoms with E-state index in [-0.39, 0.29) is 48.6 Å². The van der Waals surface area contributed by atoms with Crippen LogP contribution in [0.5, 0.6) is 0 Å². The quantitative estimate of drug-likeness (QED) is 0.224. The number of amides is 2. The van der Waals surface area contributed by atoms with Crippen molar-refractivity contribution < 1.29 is 14.3 Å². The van der Waals surface area contributed by atoms with Gasteiger partial charge >= 0.3 is 6.09 Å². The highest BCUT2D eigenvalue weighted by Crippen LogP contribution is 2.11. The summed E-state index contributed by atoms with van der Waals surface area (Å²) in [6.07, 6.45) is 5.92. The Hall–Kier alpha value is -2.05. The number of rotatable bonds is 8. The van der Waals surface area contributed by atoms with E-state index in [1.807, 2.05) is 23.9 Å². The van der Waals surface area contributed by atoms with Crippen LogP contribution in [0.2, 0.25) is 0 Å². The molecule has 1 aliphatic rings. The third kappa shape index (κ3) is 9.18. The Labute approximate surface area is 195 Å². The number of ether oxygens (including phenoxy) is 1. The summed E-state index contributed by atoms with van der Waals surface area (Å²) >= 11 is 0. The fourth-order valence-electron chi connectivity index (χ4n) is 2.94. The van der Waals surface area contributed by atoms with Gasteiger partial charge < -0.3 is 25.2 Å². The Kier molecular flexibility index (Phi) is 12.2. The molecule has 0 aromatic carbocycles. The molecule has 1 aliphatic heterocycles. The van der Waals surface area contributed by atoms with Crippen molar-refractivity contribution >= 4 is 41.9 Å². The number of hydrogen-bond donors (Lipinski definition) is 2. The van der Waals surface area contributed by atoms with Crippen LogP contribution < -0.4 is 10.6 Å². The third-order valence-electron chi connectivity index (χ3n) is 4.65. The smallest absolute Gasteiger partial charge is 0.409 e. The second-order valence-corrected chi connectivity index (χ2v) is 7.11. The van der Waals surface area contributed by atoms with Gasteiger partial charge in [-0.05, 0) is 32.3 Å². The van der Waals surface area contributed by atoms with Gasteiger partial charge in [0.1, 0.15) is 6.54 Å². The highest BCUT2D eigenvalue weighted by molar-refractivity contribution is 14.0. The second-order valence-electron chi connectivity index (χ2n) is 7.11. The average molecular weight is 535 g/mol. The van der Waals surface area contributed by atoms with E-state index < -0.39 is 0 Å². The van der Waals surface area contributed by atoms with Crippen molar-refractivity contribution in [3.63, 3.8) is 0 Å². The lowest BCUT2D eigenvalue weighted by atomic mass is 10.1. The standard InChI is InChI=1S/C19H33N7O3.HI/c1-4-29-19(28)25-13-7-16(8-14-25)23-18(21-15-17(27)24(2)3)20-9-5-11-26-12-6-10-22-26;/h6,10,12,16H,4-5,7-9,11,13-15H2,1-3H3,(H2,20,21,23);1H. The van der Waals surface area contributed by atoms with E-state index in [0.717, 1.165) is 25.8 Å². The molecule has 2 heterocycles. The number of aryl methyl sites for hydroxylation is 1. The molecule has 30 heavy (non-hydrogen) atoms. The van der Waals surface area contributed by atoms with E-state index in [4.69, 9.17) is 4.74 Å². The molecule has 0 aliphatic carbocycles. The Morgan fingerprint density at radius 1 is 1.30 bits per heavy atom. The maximum atomic E-state index is 11.9. The zero-order chi connectivity index (χ0) is 21.1. The minimum atomic E-state index is -0.256. The molecule has 1 aromatic rings. The zero-order valence-corrected chi connectivity index (χ0v) is 20.4. The van der Waals surface area contributed by atoms with Gasteiger partial charge in [-0.2, -0.15) is 5.10 Å². The van der Waals surface area contributed by atoms with Crippen LogP contribution in [0.1, 0.15) is 26.2 Å². The van der Waals surface area contributed by atoms with Crippen molar-refractivity contribution in [2.24, 2.45) is 4.99 Å². The number of nitrogens with one attached hydrogen (secondary N) is 2. The summed E-state index contributed by atoms with van der Waals surface area (Å²) in [4.78, 5) is 31.4. The van der Waals surface area contributed by atoms with Gasteiger partial charge in [-0.1, -0.05) is 0 Å². The molecule has 2 amide bonds. The largest absolute Gasteiger partial charge is 0.450 e. The van der Waals surface area contributed by atoms with Gasteiger partial charge in [0.05, 0.1) is 6.61 Å². The Balaban J connectivity index is 0.00000450. The number of carbonyl (C=O) groups excluding carboxylic acids is 2. The van der Waals surface area contributed by atoms with Crippen LogP contribution in [0.25, 0.3) is 0 Å². The molecule has 1 saturated heterocycles. The van der Waals surface area contributed by atoms with Crippen LogP contribution >= 0.6 is 24.0 Å². The minimum absolute atomic E-state index is 0. The van der Waals surface area contributed by atoms with Crippen molar-refractivity contribution in [3.05, 3.63) is 18.5 Å². The number of aliphatic imine (C=N–C) groups is 1. The summed E-state index contributed by atoms with van der Waals surface area (Å²) in [5.41, 5.74) is 0. The van der Waals surface area contributed by atoms with Crippen LogP contribution in [-0.2, 0) is 16.1 Å². The first-order valence-corrected chi connectivity index (χ1v) is 10.1. The Bertz CT molecular complexity index is 659. The zero-order valence-electron chi connectivity index (χ0n) is 18.0. The first-order chi connectivity index (χ1) is 14.0.